The molecule has 0 radical (unpaired) electrons. The van der Waals surface area contributed by atoms with Crippen LogP contribution in [0.4, 0.5) is 4.79 Å². The number of ether oxygens (including phenoxy) is 1. The molecule has 0 aliphatic carbocycles. The lowest BCUT2D eigenvalue weighted by atomic mass is 9.89. The molecule has 6 nitrogen and oxygen atoms in total. The lowest BCUT2D eigenvalue weighted by Gasteiger charge is -2.46. The number of likely N-dealkylation sites (tertiary alicyclic amines) is 1. The molecule has 0 unspecified atom stereocenters. The van der Waals surface area contributed by atoms with Crippen LogP contribution in [0.5, 0.6) is 0 Å². The number of urea groups is 1. The number of morpholine rings is 1. The lowest BCUT2D eigenvalue weighted by molar-refractivity contribution is -0.167. The summed E-state index contributed by atoms with van der Waals surface area (Å²) in [7, 11) is 1.79. The van der Waals surface area contributed by atoms with E-state index in [1.807, 2.05) is 0 Å². The van der Waals surface area contributed by atoms with E-state index in [9.17, 15) is 9.59 Å². The fourth-order valence-corrected chi connectivity index (χ4v) is 3.65. The van der Waals surface area contributed by atoms with Gasteiger partial charge in [0, 0.05) is 43.3 Å². The maximum atomic E-state index is 12.4. The summed E-state index contributed by atoms with van der Waals surface area (Å²) in [4.78, 5) is 27.4. The first kappa shape index (κ1) is 18.3. The third-order valence-electron chi connectivity index (χ3n) is 4.85. The average molecular weight is 386 g/mol. The fourth-order valence-electron chi connectivity index (χ4n) is 3.27. The number of piperidine rings is 1. The molecule has 1 N–H and O–H groups in total. The molecule has 0 aromatic heterocycles. The topological polar surface area (TPSA) is 61.9 Å². The van der Waals surface area contributed by atoms with Crippen molar-refractivity contribution in [1.29, 1.82) is 0 Å². The predicted molar refractivity (Wildman–Crippen MR) is 95.8 cm³/mol. The first-order valence-corrected chi connectivity index (χ1v) is 8.99. The van der Waals surface area contributed by atoms with Crippen LogP contribution in [-0.2, 0) is 16.1 Å². The van der Waals surface area contributed by atoms with Crippen LogP contribution in [0.25, 0.3) is 0 Å². The number of hydrogen-bond donors (Lipinski definition) is 1. The Balaban J connectivity index is 1.52. The molecule has 136 valence electrons. The van der Waals surface area contributed by atoms with Gasteiger partial charge in [-0.25, -0.2) is 4.79 Å². The van der Waals surface area contributed by atoms with Crippen LogP contribution < -0.4 is 5.32 Å². The molecular weight excluding hydrogens is 365 g/mol. The molecule has 0 atom stereocenters. The van der Waals surface area contributed by atoms with Gasteiger partial charge >= 0.3 is 6.03 Å². The van der Waals surface area contributed by atoms with Gasteiger partial charge in [0.1, 0.15) is 6.61 Å². The number of rotatable bonds is 2. The van der Waals surface area contributed by atoms with Crippen LogP contribution in [0.3, 0.4) is 0 Å². The highest BCUT2D eigenvalue weighted by Crippen LogP contribution is 2.30. The van der Waals surface area contributed by atoms with Gasteiger partial charge < -0.3 is 19.9 Å². The largest absolute Gasteiger partial charge is 0.363 e. The number of hydrogen-bond acceptors (Lipinski definition) is 3. The highest BCUT2D eigenvalue weighted by molar-refractivity contribution is 6.33. The van der Waals surface area contributed by atoms with Gasteiger partial charge in [0.05, 0.1) is 5.60 Å². The molecule has 0 bridgehead atoms. The zero-order chi connectivity index (χ0) is 18.0. The van der Waals surface area contributed by atoms with Gasteiger partial charge in [-0.15, -0.1) is 0 Å². The minimum Gasteiger partial charge on any atom is -0.363 e. The van der Waals surface area contributed by atoms with Crippen molar-refractivity contribution >= 4 is 35.1 Å². The Hall–Kier alpha value is -1.50. The van der Waals surface area contributed by atoms with Crippen LogP contribution in [0.2, 0.25) is 10.0 Å². The molecule has 1 aromatic rings. The molecule has 3 rings (SSSR count). The summed E-state index contributed by atoms with van der Waals surface area (Å²) in [5.41, 5.74) is 0.460. The summed E-state index contributed by atoms with van der Waals surface area (Å²) in [5.74, 6) is 0.00389. The molecule has 0 saturated carbocycles. The second kappa shape index (κ2) is 7.40. The molecule has 1 spiro atoms. The summed E-state index contributed by atoms with van der Waals surface area (Å²) >= 11 is 12.1. The molecule has 25 heavy (non-hydrogen) atoms. The van der Waals surface area contributed by atoms with Crippen molar-refractivity contribution in [3.8, 4) is 0 Å². The van der Waals surface area contributed by atoms with Crippen LogP contribution in [0.15, 0.2) is 18.2 Å². The fraction of sp³-hybridized carbons (Fsp3) is 0.529. The molecule has 1 aromatic carbocycles. The molecule has 2 aliphatic rings. The van der Waals surface area contributed by atoms with E-state index in [1.54, 1.807) is 35.0 Å². The van der Waals surface area contributed by atoms with Crippen molar-refractivity contribution in [2.75, 3.05) is 33.3 Å². The summed E-state index contributed by atoms with van der Waals surface area (Å²) in [5, 5.41) is 4.04. The van der Waals surface area contributed by atoms with Crippen molar-refractivity contribution in [2.24, 2.45) is 0 Å². The Kier molecular flexibility index (Phi) is 5.41. The van der Waals surface area contributed by atoms with E-state index < -0.39 is 0 Å². The molecule has 2 heterocycles. The number of nitrogens with zero attached hydrogens (tertiary/aromatic N) is 2. The third kappa shape index (κ3) is 4.19. The van der Waals surface area contributed by atoms with Crippen molar-refractivity contribution in [3.63, 3.8) is 0 Å². The van der Waals surface area contributed by atoms with Gasteiger partial charge in [-0.2, -0.15) is 0 Å². The zero-order valence-electron chi connectivity index (χ0n) is 14.1. The van der Waals surface area contributed by atoms with Gasteiger partial charge in [-0.3, -0.25) is 4.79 Å². The van der Waals surface area contributed by atoms with Crippen LogP contribution in [-0.4, -0.2) is 60.6 Å². The number of amides is 3. The molecule has 2 saturated heterocycles. The number of benzene rings is 1. The zero-order valence-corrected chi connectivity index (χ0v) is 15.6. The van der Waals surface area contributed by atoms with Crippen molar-refractivity contribution in [1.82, 2.24) is 15.1 Å². The van der Waals surface area contributed by atoms with Crippen LogP contribution in [0, 0.1) is 0 Å². The number of carbonyl (C=O) groups excluding carboxylic acids is 2. The highest BCUT2D eigenvalue weighted by Gasteiger charge is 2.41. The van der Waals surface area contributed by atoms with E-state index >= 15 is 0 Å². The van der Waals surface area contributed by atoms with Crippen molar-refractivity contribution < 1.29 is 14.3 Å². The van der Waals surface area contributed by atoms with E-state index in [0.29, 0.717) is 36.2 Å². The summed E-state index contributed by atoms with van der Waals surface area (Å²) < 4.78 is 5.79. The second-order valence-electron chi connectivity index (χ2n) is 6.60. The summed E-state index contributed by atoms with van der Waals surface area (Å²) in [6.07, 6.45) is 1.44. The quantitative estimate of drug-likeness (QED) is 0.850. The number of carbonyl (C=O) groups is 2. The smallest absolute Gasteiger partial charge is 0.317 e. The van der Waals surface area contributed by atoms with Gasteiger partial charge in [-0.05, 0) is 36.6 Å². The van der Waals surface area contributed by atoms with Gasteiger partial charge in [0.25, 0.3) is 0 Å². The highest BCUT2D eigenvalue weighted by atomic mass is 35.5. The normalized spacial score (nSPS) is 20.0. The van der Waals surface area contributed by atoms with Crippen LogP contribution >= 0.6 is 23.2 Å². The minimum atomic E-state index is -0.324. The Morgan fingerprint density at radius 1 is 1.32 bits per heavy atom. The second-order valence-corrected chi connectivity index (χ2v) is 7.45. The maximum absolute atomic E-state index is 12.4. The predicted octanol–water partition coefficient (Wildman–Crippen LogP) is 2.53. The van der Waals surface area contributed by atoms with Gasteiger partial charge in [0.15, 0.2) is 0 Å². The minimum absolute atomic E-state index is 0.00389. The standard InChI is InChI=1S/C17H21Cl2N3O3/c1-21-11-17(25-10-15(21)23)4-6-22(7-5-17)16(24)20-9-12-8-13(18)2-3-14(12)19/h2-3,8H,4-7,9-11H2,1H3,(H,20,24). The molecular formula is C17H21Cl2N3O3. The van der Waals surface area contributed by atoms with Gasteiger partial charge in [-0.1, -0.05) is 23.2 Å². The van der Waals surface area contributed by atoms with Crippen molar-refractivity contribution in [3.05, 3.63) is 33.8 Å². The first-order valence-electron chi connectivity index (χ1n) is 8.23. The summed E-state index contributed by atoms with van der Waals surface area (Å²) in [6.45, 7) is 2.22. The first-order chi connectivity index (χ1) is 11.9. The average Bonchev–Trinajstić information content (AvgIpc) is 2.60. The Labute approximate surface area is 157 Å². The monoisotopic (exact) mass is 385 g/mol. The Morgan fingerprint density at radius 2 is 2.04 bits per heavy atom. The van der Waals surface area contributed by atoms with E-state index in [1.165, 1.54) is 0 Å². The third-order valence-corrected chi connectivity index (χ3v) is 5.46. The summed E-state index contributed by atoms with van der Waals surface area (Å²) in [6, 6.07) is 5.04. The number of nitrogens with one attached hydrogen (secondary N) is 1. The molecule has 2 fully saturated rings. The molecule has 3 amide bonds. The number of likely N-dealkylation sites (N-methyl/N-ethyl adjacent to an activating group) is 1. The number of halogens is 2. The van der Waals surface area contributed by atoms with E-state index in [4.69, 9.17) is 27.9 Å². The SMILES string of the molecule is CN1CC2(CCN(C(=O)NCc3cc(Cl)ccc3Cl)CC2)OCC1=O. The van der Waals surface area contributed by atoms with E-state index in [0.717, 1.165) is 18.4 Å². The molecule has 2 aliphatic heterocycles. The van der Waals surface area contributed by atoms with Gasteiger partial charge in [0.2, 0.25) is 5.91 Å². The Morgan fingerprint density at radius 3 is 2.72 bits per heavy atom. The van der Waals surface area contributed by atoms with E-state index in [-0.39, 0.29) is 24.1 Å². The maximum Gasteiger partial charge on any atom is 0.317 e. The Bertz CT molecular complexity index is 675. The molecule has 8 heteroatoms. The van der Waals surface area contributed by atoms with Crippen LogP contribution in [0.1, 0.15) is 18.4 Å². The van der Waals surface area contributed by atoms with E-state index in [2.05, 4.69) is 5.32 Å². The van der Waals surface area contributed by atoms with Crippen molar-refractivity contribution in [2.45, 2.75) is 25.0 Å². The lowest BCUT2D eigenvalue weighted by Crippen LogP contribution is -2.59.